The van der Waals surface area contributed by atoms with E-state index in [0.29, 0.717) is 0 Å². The largest absolute Gasteiger partial charge is 0.349 e. The number of aromatic amines is 1. The molecule has 0 aromatic carbocycles. The van der Waals surface area contributed by atoms with E-state index in [2.05, 4.69) is 18.1 Å². The molecule has 1 rings (SSSR count). The van der Waals surface area contributed by atoms with Gasteiger partial charge in [0, 0.05) is 5.69 Å². The molecule has 1 aromatic heterocycles. The van der Waals surface area contributed by atoms with E-state index in [0.717, 1.165) is 16.3 Å². The first-order chi connectivity index (χ1) is 5.31. The van der Waals surface area contributed by atoms with Crippen molar-refractivity contribution in [2.75, 3.05) is 0 Å². The number of hydrogen-bond acceptors (Lipinski definition) is 2. The second kappa shape index (κ2) is 3.46. The maximum atomic E-state index is 5.36. The Morgan fingerprint density at radius 1 is 1.45 bits per heavy atom. The van der Waals surface area contributed by atoms with Crippen LogP contribution < -0.4 is 5.14 Å². The van der Waals surface area contributed by atoms with E-state index in [1.807, 2.05) is 6.07 Å². The predicted molar refractivity (Wildman–Crippen MR) is 51.0 cm³/mol. The Kier molecular flexibility index (Phi) is 2.57. The fraction of sp³-hybridized carbons (Fsp3) is 0. The van der Waals surface area contributed by atoms with Gasteiger partial charge in [-0.15, -0.1) is 0 Å². The number of rotatable bonds is 3. The molecule has 0 saturated carbocycles. The molecule has 3 N–H and O–H groups in total. The van der Waals surface area contributed by atoms with Gasteiger partial charge in [-0.1, -0.05) is 19.2 Å². The van der Waals surface area contributed by atoms with Crippen LogP contribution in [0.1, 0.15) is 11.3 Å². The molecule has 0 bridgehead atoms. The van der Waals surface area contributed by atoms with Crippen LogP contribution in [0.3, 0.4) is 0 Å². The summed E-state index contributed by atoms with van der Waals surface area (Å²) in [5, 5.41) is 6.28. The van der Waals surface area contributed by atoms with Gasteiger partial charge in [-0.2, -0.15) is 0 Å². The van der Waals surface area contributed by atoms with Crippen molar-refractivity contribution in [1.82, 2.24) is 4.98 Å². The monoisotopic (exact) mass is 166 g/mol. The summed E-state index contributed by atoms with van der Waals surface area (Å²) in [4.78, 5) is 3.08. The SMILES string of the molecule is C=Cc1cc(SN)[nH]c1C=C. The van der Waals surface area contributed by atoms with E-state index in [1.54, 1.807) is 12.2 Å². The summed E-state index contributed by atoms with van der Waals surface area (Å²) in [6, 6.07) is 1.94. The van der Waals surface area contributed by atoms with E-state index >= 15 is 0 Å². The number of H-pyrrole nitrogens is 1. The molecule has 0 fully saturated rings. The molecule has 0 unspecified atom stereocenters. The second-order valence-corrected chi connectivity index (χ2v) is 2.70. The van der Waals surface area contributed by atoms with Crippen molar-refractivity contribution in [1.29, 1.82) is 0 Å². The smallest absolute Gasteiger partial charge is 0.0883 e. The zero-order chi connectivity index (χ0) is 8.27. The summed E-state index contributed by atoms with van der Waals surface area (Å²) in [6.07, 6.45) is 3.52. The zero-order valence-corrected chi connectivity index (χ0v) is 6.95. The summed E-state index contributed by atoms with van der Waals surface area (Å²) < 4.78 is 0. The van der Waals surface area contributed by atoms with E-state index in [9.17, 15) is 0 Å². The Balaban J connectivity index is 3.11. The summed E-state index contributed by atoms with van der Waals surface area (Å²) in [7, 11) is 0. The maximum Gasteiger partial charge on any atom is 0.0883 e. The number of aromatic nitrogens is 1. The lowest BCUT2D eigenvalue weighted by Gasteiger charge is -1.87. The normalized spacial score (nSPS) is 9.55. The molecular formula is C8H10N2S. The first-order valence-corrected chi connectivity index (χ1v) is 4.04. The van der Waals surface area contributed by atoms with Gasteiger partial charge in [0.25, 0.3) is 0 Å². The van der Waals surface area contributed by atoms with E-state index in [4.69, 9.17) is 5.14 Å². The first kappa shape index (κ1) is 8.17. The maximum absolute atomic E-state index is 5.36. The molecule has 58 valence electrons. The lowest BCUT2D eigenvalue weighted by molar-refractivity contribution is 1.19. The van der Waals surface area contributed by atoms with Crippen LogP contribution in [0, 0.1) is 0 Å². The Morgan fingerprint density at radius 2 is 2.18 bits per heavy atom. The molecule has 2 nitrogen and oxygen atoms in total. The standard InChI is InChI=1S/C8H10N2S/c1-3-6-5-8(11-9)10-7(6)4-2/h3-5,10H,1-2,9H2. The van der Waals surface area contributed by atoms with Crippen LogP contribution in [0.2, 0.25) is 0 Å². The van der Waals surface area contributed by atoms with Crippen molar-refractivity contribution in [3.8, 4) is 0 Å². The van der Waals surface area contributed by atoms with Crippen LogP contribution in [-0.2, 0) is 0 Å². The third-order valence-corrected chi connectivity index (χ3v) is 1.88. The minimum absolute atomic E-state index is 0.926. The number of nitrogens with one attached hydrogen (secondary N) is 1. The van der Waals surface area contributed by atoms with Gasteiger partial charge in [0.15, 0.2) is 0 Å². The Bertz CT molecular complexity index is 250. The molecule has 0 aliphatic heterocycles. The van der Waals surface area contributed by atoms with E-state index in [1.165, 1.54) is 11.9 Å². The van der Waals surface area contributed by atoms with Crippen molar-refractivity contribution < 1.29 is 0 Å². The molecule has 0 amide bonds. The highest BCUT2D eigenvalue weighted by molar-refractivity contribution is 7.97. The van der Waals surface area contributed by atoms with Gasteiger partial charge in [0.1, 0.15) is 0 Å². The third-order valence-electron chi connectivity index (χ3n) is 1.41. The molecule has 0 atom stereocenters. The first-order valence-electron chi connectivity index (χ1n) is 3.16. The molecule has 0 spiro atoms. The molecule has 0 aliphatic rings. The van der Waals surface area contributed by atoms with Crippen LogP contribution in [0.25, 0.3) is 12.2 Å². The van der Waals surface area contributed by atoms with E-state index < -0.39 is 0 Å². The Morgan fingerprint density at radius 3 is 2.55 bits per heavy atom. The zero-order valence-electron chi connectivity index (χ0n) is 6.13. The fourth-order valence-corrected chi connectivity index (χ4v) is 1.23. The van der Waals surface area contributed by atoms with Crippen molar-refractivity contribution >= 4 is 24.1 Å². The summed E-state index contributed by atoms with van der Waals surface area (Å²) in [6.45, 7) is 7.33. The lowest BCUT2D eigenvalue weighted by atomic mass is 10.2. The molecule has 1 heterocycles. The van der Waals surface area contributed by atoms with Gasteiger partial charge in [-0.25, -0.2) is 0 Å². The highest BCUT2D eigenvalue weighted by atomic mass is 32.2. The van der Waals surface area contributed by atoms with Gasteiger partial charge in [-0.3, -0.25) is 5.14 Å². The fourth-order valence-electron chi connectivity index (χ4n) is 0.861. The third kappa shape index (κ3) is 1.56. The van der Waals surface area contributed by atoms with Gasteiger partial charge in [0.2, 0.25) is 0 Å². The topological polar surface area (TPSA) is 41.8 Å². The number of hydrogen-bond donors (Lipinski definition) is 2. The highest BCUT2D eigenvalue weighted by Gasteiger charge is 2.00. The van der Waals surface area contributed by atoms with Crippen molar-refractivity contribution in [2.45, 2.75) is 5.03 Å². The van der Waals surface area contributed by atoms with E-state index in [-0.39, 0.29) is 0 Å². The molecule has 0 radical (unpaired) electrons. The average Bonchev–Trinajstić information content (AvgIpc) is 2.46. The lowest BCUT2D eigenvalue weighted by Crippen LogP contribution is -1.78. The quantitative estimate of drug-likeness (QED) is 0.676. The molecule has 0 aliphatic carbocycles. The van der Waals surface area contributed by atoms with Crippen LogP contribution >= 0.6 is 11.9 Å². The van der Waals surface area contributed by atoms with Crippen molar-refractivity contribution in [2.24, 2.45) is 5.14 Å². The molecule has 3 heteroatoms. The Hall–Kier alpha value is -0.930. The minimum Gasteiger partial charge on any atom is -0.349 e. The molecule has 11 heavy (non-hydrogen) atoms. The van der Waals surface area contributed by atoms with Gasteiger partial charge >= 0.3 is 0 Å². The van der Waals surface area contributed by atoms with Gasteiger partial charge < -0.3 is 4.98 Å². The van der Waals surface area contributed by atoms with Crippen molar-refractivity contribution in [3.63, 3.8) is 0 Å². The van der Waals surface area contributed by atoms with Crippen molar-refractivity contribution in [3.05, 3.63) is 30.5 Å². The highest BCUT2D eigenvalue weighted by Crippen LogP contribution is 2.18. The number of nitrogens with two attached hydrogens (primary N) is 1. The minimum atomic E-state index is 0.926. The Labute approximate surface area is 70.3 Å². The van der Waals surface area contributed by atoms with Crippen LogP contribution in [0.15, 0.2) is 24.3 Å². The summed E-state index contributed by atoms with van der Waals surface area (Å²) in [5.74, 6) is 0. The van der Waals surface area contributed by atoms with Gasteiger partial charge in [0.05, 0.1) is 5.03 Å². The summed E-state index contributed by atoms with van der Waals surface area (Å²) in [5.41, 5.74) is 2.00. The predicted octanol–water partition coefficient (Wildman–Crippen LogP) is 2.27. The van der Waals surface area contributed by atoms with Crippen LogP contribution in [-0.4, -0.2) is 4.98 Å². The summed E-state index contributed by atoms with van der Waals surface area (Å²) >= 11 is 1.18. The van der Waals surface area contributed by atoms with Crippen LogP contribution in [0.4, 0.5) is 0 Å². The molecular weight excluding hydrogens is 156 g/mol. The molecule has 0 saturated heterocycles. The van der Waals surface area contributed by atoms with Crippen LogP contribution in [0.5, 0.6) is 0 Å². The average molecular weight is 166 g/mol. The van der Waals surface area contributed by atoms with Gasteiger partial charge in [-0.05, 0) is 29.7 Å². The molecule has 1 aromatic rings. The second-order valence-electron chi connectivity index (χ2n) is 2.03.